The molecule has 1 aliphatic heterocycles. The molecule has 0 aromatic heterocycles. The molecule has 0 radical (unpaired) electrons. The lowest BCUT2D eigenvalue weighted by molar-refractivity contribution is -0.132. The molecule has 2 atom stereocenters. The number of hydrogen-bond acceptors (Lipinski definition) is 2. The summed E-state index contributed by atoms with van der Waals surface area (Å²) in [4.78, 5) is 13.3. The monoisotopic (exact) mass is 187 g/mol. The third-order valence-corrected chi connectivity index (χ3v) is 3.10. The summed E-state index contributed by atoms with van der Waals surface area (Å²) in [6.45, 7) is 5.26. The summed E-state index contributed by atoms with van der Waals surface area (Å²) in [6, 6.07) is 0.401. The summed E-state index contributed by atoms with van der Waals surface area (Å²) in [7, 11) is 0. The molecule has 1 heterocycles. The van der Waals surface area contributed by atoms with Crippen molar-refractivity contribution in [2.45, 2.75) is 32.7 Å². The van der Waals surface area contributed by atoms with E-state index in [4.69, 9.17) is 0 Å². The first-order valence-electron chi connectivity index (χ1n) is 4.57. The lowest BCUT2D eigenvalue weighted by Gasteiger charge is -2.37. The van der Waals surface area contributed by atoms with E-state index in [1.54, 1.807) is 0 Å². The summed E-state index contributed by atoms with van der Waals surface area (Å²) < 4.78 is 0. The first-order chi connectivity index (χ1) is 5.66. The van der Waals surface area contributed by atoms with Gasteiger partial charge in [-0.3, -0.25) is 4.79 Å². The Morgan fingerprint density at radius 2 is 2.25 bits per heavy atom. The van der Waals surface area contributed by atoms with Gasteiger partial charge in [0.15, 0.2) is 0 Å². The number of amides is 1. The highest BCUT2D eigenvalue weighted by Gasteiger charge is 2.27. The van der Waals surface area contributed by atoms with Gasteiger partial charge in [-0.15, -0.1) is 0 Å². The van der Waals surface area contributed by atoms with Crippen molar-refractivity contribution in [1.82, 2.24) is 4.90 Å². The van der Waals surface area contributed by atoms with E-state index in [0.29, 0.717) is 17.7 Å². The van der Waals surface area contributed by atoms with Crippen LogP contribution in [0.25, 0.3) is 0 Å². The average Bonchev–Trinajstić information content (AvgIpc) is 2.08. The van der Waals surface area contributed by atoms with Gasteiger partial charge in [0.1, 0.15) is 0 Å². The van der Waals surface area contributed by atoms with Crippen molar-refractivity contribution in [2.75, 3.05) is 12.3 Å². The summed E-state index contributed by atoms with van der Waals surface area (Å²) in [5.41, 5.74) is 0. The SMILES string of the molecule is CC1CCCN(C(=O)CS)C1C. The van der Waals surface area contributed by atoms with Gasteiger partial charge < -0.3 is 4.90 Å². The number of rotatable bonds is 1. The molecule has 2 unspecified atom stereocenters. The summed E-state index contributed by atoms with van der Waals surface area (Å²) in [6.07, 6.45) is 2.39. The zero-order chi connectivity index (χ0) is 9.14. The summed E-state index contributed by atoms with van der Waals surface area (Å²) >= 11 is 4.00. The molecule has 1 fully saturated rings. The van der Waals surface area contributed by atoms with Crippen LogP contribution in [0, 0.1) is 5.92 Å². The molecule has 1 rings (SSSR count). The lowest BCUT2D eigenvalue weighted by Crippen LogP contribution is -2.46. The molecule has 0 aromatic carbocycles. The van der Waals surface area contributed by atoms with E-state index in [1.807, 2.05) is 4.90 Å². The fraction of sp³-hybridized carbons (Fsp3) is 0.889. The summed E-state index contributed by atoms with van der Waals surface area (Å²) in [5.74, 6) is 1.16. The number of piperidine rings is 1. The maximum absolute atomic E-state index is 11.4. The third-order valence-electron chi connectivity index (χ3n) is 2.83. The Bertz CT molecular complexity index is 172. The number of carbonyl (C=O) groups excluding carboxylic acids is 1. The van der Waals surface area contributed by atoms with Crippen molar-refractivity contribution in [1.29, 1.82) is 0 Å². The molecule has 0 aromatic rings. The second-order valence-electron chi connectivity index (χ2n) is 3.61. The Labute approximate surface area is 79.7 Å². The van der Waals surface area contributed by atoms with Crippen LogP contribution in [-0.4, -0.2) is 29.1 Å². The molecule has 0 saturated carbocycles. The molecule has 12 heavy (non-hydrogen) atoms. The average molecular weight is 187 g/mol. The molecular formula is C9H17NOS. The van der Waals surface area contributed by atoms with Gasteiger partial charge in [0.25, 0.3) is 0 Å². The Balaban J connectivity index is 2.57. The number of thiol groups is 1. The largest absolute Gasteiger partial charge is 0.339 e. The highest BCUT2D eigenvalue weighted by Crippen LogP contribution is 2.22. The molecule has 1 aliphatic rings. The smallest absolute Gasteiger partial charge is 0.232 e. The van der Waals surface area contributed by atoms with Gasteiger partial charge in [0.2, 0.25) is 5.91 Å². The standard InChI is InChI=1S/C9H17NOS/c1-7-4-3-5-10(8(7)2)9(11)6-12/h7-8,12H,3-6H2,1-2H3. The van der Waals surface area contributed by atoms with Crippen LogP contribution in [-0.2, 0) is 4.79 Å². The topological polar surface area (TPSA) is 20.3 Å². The van der Waals surface area contributed by atoms with Crippen LogP contribution in [0.15, 0.2) is 0 Å². The molecular weight excluding hydrogens is 170 g/mol. The van der Waals surface area contributed by atoms with E-state index < -0.39 is 0 Å². The first-order valence-corrected chi connectivity index (χ1v) is 5.20. The first kappa shape index (κ1) is 9.90. The molecule has 1 amide bonds. The number of hydrogen-bond donors (Lipinski definition) is 1. The van der Waals surface area contributed by atoms with E-state index in [1.165, 1.54) is 6.42 Å². The number of nitrogens with zero attached hydrogens (tertiary/aromatic N) is 1. The van der Waals surface area contributed by atoms with Gasteiger partial charge in [0, 0.05) is 12.6 Å². The van der Waals surface area contributed by atoms with Gasteiger partial charge in [-0.2, -0.15) is 12.6 Å². The fourth-order valence-electron chi connectivity index (χ4n) is 1.78. The van der Waals surface area contributed by atoms with Gasteiger partial charge in [-0.1, -0.05) is 6.92 Å². The minimum atomic E-state index is 0.178. The van der Waals surface area contributed by atoms with Crippen molar-refractivity contribution in [3.05, 3.63) is 0 Å². The molecule has 2 nitrogen and oxygen atoms in total. The highest BCUT2D eigenvalue weighted by atomic mass is 32.1. The minimum Gasteiger partial charge on any atom is -0.339 e. The molecule has 1 saturated heterocycles. The van der Waals surface area contributed by atoms with E-state index in [9.17, 15) is 4.79 Å². The van der Waals surface area contributed by atoms with E-state index >= 15 is 0 Å². The van der Waals surface area contributed by atoms with Crippen LogP contribution >= 0.6 is 12.6 Å². The Hall–Kier alpha value is -0.180. The van der Waals surface area contributed by atoms with Gasteiger partial charge in [-0.25, -0.2) is 0 Å². The Morgan fingerprint density at radius 3 is 2.83 bits per heavy atom. The van der Waals surface area contributed by atoms with Crippen LogP contribution in [0.4, 0.5) is 0 Å². The van der Waals surface area contributed by atoms with Crippen molar-refractivity contribution in [2.24, 2.45) is 5.92 Å². The second kappa shape index (κ2) is 4.17. The van der Waals surface area contributed by atoms with E-state index in [-0.39, 0.29) is 5.91 Å². The van der Waals surface area contributed by atoms with Crippen molar-refractivity contribution in [3.8, 4) is 0 Å². The number of likely N-dealkylation sites (tertiary alicyclic amines) is 1. The van der Waals surface area contributed by atoms with Crippen LogP contribution in [0.3, 0.4) is 0 Å². The van der Waals surface area contributed by atoms with Crippen LogP contribution in [0.1, 0.15) is 26.7 Å². The van der Waals surface area contributed by atoms with Crippen LogP contribution in [0.2, 0.25) is 0 Å². The van der Waals surface area contributed by atoms with E-state index in [2.05, 4.69) is 26.5 Å². The normalized spacial score (nSPS) is 30.4. The lowest BCUT2D eigenvalue weighted by atomic mass is 9.92. The van der Waals surface area contributed by atoms with Crippen molar-refractivity contribution < 1.29 is 4.79 Å². The third kappa shape index (κ3) is 1.94. The summed E-state index contributed by atoms with van der Waals surface area (Å²) in [5, 5.41) is 0. The van der Waals surface area contributed by atoms with Gasteiger partial charge >= 0.3 is 0 Å². The number of carbonyl (C=O) groups is 1. The zero-order valence-corrected chi connectivity index (χ0v) is 8.68. The van der Waals surface area contributed by atoms with Gasteiger partial charge in [0.05, 0.1) is 5.75 Å². The van der Waals surface area contributed by atoms with Crippen molar-refractivity contribution in [3.63, 3.8) is 0 Å². The molecule has 0 spiro atoms. The quantitative estimate of drug-likeness (QED) is 0.618. The van der Waals surface area contributed by atoms with Gasteiger partial charge in [-0.05, 0) is 25.7 Å². The van der Waals surface area contributed by atoms with Crippen molar-refractivity contribution >= 4 is 18.5 Å². The molecule has 0 aliphatic carbocycles. The molecule has 70 valence electrons. The minimum absolute atomic E-state index is 0.178. The Kier molecular flexibility index (Phi) is 3.44. The fourth-order valence-corrected chi connectivity index (χ4v) is 1.96. The maximum atomic E-state index is 11.4. The maximum Gasteiger partial charge on any atom is 0.232 e. The second-order valence-corrected chi connectivity index (χ2v) is 3.92. The Morgan fingerprint density at radius 1 is 1.58 bits per heavy atom. The molecule has 0 N–H and O–H groups in total. The predicted molar refractivity (Wildman–Crippen MR) is 53.4 cm³/mol. The molecule has 3 heteroatoms. The van der Waals surface area contributed by atoms with Crippen LogP contribution in [0.5, 0.6) is 0 Å². The van der Waals surface area contributed by atoms with Crippen LogP contribution < -0.4 is 0 Å². The molecule has 0 bridgehead atoms. The highest BCUT2D eigenvalue weighted by molar-refractivity contribution is 7.81. The predicted octanol–water partition coefficient (Wildman–Crippen LogP) is 1.56. The van der Waals surface area contributed by atoms with E-state index in [0.717, 1.165) is 13.0 Å². The zero-order valence-electron chi connectivity index (χ0n) is 7.79.